The predicted octanol–water partition coefficient (Wildman–Crippen LogP) is 5.02. The maximum Gasteiger partial charge on any atom is 0.253 e. The first-order valence-electron chi connectivity index (χ1n) is 8.89. The van der Waals surface area contributed by atoms with Gasteiger partial charge in [-0.3, -0.25) is 9.59 Å². The zero-order chi connectivity index (χ0) is 20.0. The lowest BCUT2D eigenvalue weighted by Gasteiger charge is -2.23. The Balaban J connectivity index is 2.11. The monoisotopic (exact) mass is 406 g/mol. The first kappa shape index (κ1) is 21.3. The van der Waals surface area contributed by atoms with Gasteiger partial charge in [-0.05, 0) is 43.0 Å². The van der Waals surface area contributed by atoms with E-state index in [1.54, 1.807) is 12.1 Å². The van der Waals surface area contributed by atoms with Crippen LogP contribution >= 0.6 is 23.2 Å². The Bertz CT molecular complexity index is 794. The van der Waals surface area contributed by atoms with E-state index >= 15 is 0 Å². The predicted molar refractivity (Wildman–Crippen MR) is 110 cm³/mol. The van der Waals surface area contributed by atoms with E-state index in [4.69, 9.17) is 23.2 Å². The van der Waals surface area contributed by atoms with E-state index in [9.17, 15) is 9.59 Å². The highest BCUT2D eigenvalue weighted by atomic mass is 35.5. The first-order chi connectivity index (χ1) is 12.8. The average Bonchev–Trinajstić information content (AvgIpc) is 2.61. The highest BCUT2D eigenvalue weighted by molar-refractivity contribution is 6.36. The number of nitrogens with one attached hydrogen (secondary N) is 2. The molecule has 0 aromatic heterocycles. The zero-order valence-electron chi connectivity index (χ0n) is 15.6. The Morgan fingerprint density at radius 2 is 1.63 bits per heavy atom. The molecule has 0 saturated carbocycles. The summed E-state index contributed by atoms with van der Waals surface area (Å²) in [5, 5.41) is 6.48. The molecule has 2 atom stereocenters. The quantitative estimate of drug-likeness (QED) is 0.678. The number of hydrogen-bond acceptors (Lipinski definition) is 2. The van der Waals surface area contributed by atoms with Crippen molar-refractivity contribution in [3.63, 3.8) is 0 Å². The van der Waals surface area contributed by atoms with Gasteiger partial charge in [0.05, 0.1) is 16.6 Å². The van der Waals surface area contributed by atoms with Crippen molar-refractivity contribution < 1.29 is 9.59 Å². The molecular weight excluding hydrogens is 383 g/mol. The van der Waals surface area contributed by atoms with Gasteiger partial charge in [0.25, 0.3) is 5.91 Å². The number of benzene rings is 2. The molecule has 144 valence electrons. The number of amides is 2. The van der Waals surface area contributed by atoms with Crippen molar-refractivity contribution in [2.24, 2.45) is 5.92 Å². The molecule has 4 nitrogen and oxygen atoms in total. The van der Waals surface area contributed by atoms with Gasteiger partial charge >= 0.3 is 0 Å². The smallest absolute Gasteiger partial charge is 0.253 e. The lowest BCUT2D eigenvalue weighted by atomic mass is 10.0. The minimum Gasteiger partial charge on any atom is -0.348 e. The molecule has 2 amide bonds. The topological polar surface area (TPSA) is 58.2 Å². The number of carbonyl (C=O) groups is 2. The molecule has 27 heavy (non-hydrogen) atoms. The van der Waals surface area contributed by atoms with Crippen LogP contribution in [0.1, 0.15) is 49.2 Å². The van der Waals surface area contributed by atoms with E-state index < -0.39 is 11.9 Å². The van der Waals surface area contributed by atoms with Crippen molar-refractivity contribution in [3.05, 3.63) is 69.7 Å². The molecule has 0 fully saturated rings. The molecule has 0 spiro atoms. The van der Waals surface area contributed by atoms with Crippen LogP contribution in [-0.2, 0) is 4.79 Å². The SMILES string of the molecule is CC(C)C[C@@H](NC(=O)c1ccc(Cl)cc1Cl)C(=O)N[C@@H](C)c1ccccc1. The molecule has 2 N–H and O–H groups in total. The molecule has 0 aliphatic carbocycles. The third kappa shape index (κ3) is 6.26. The van der Waals surface area contributed by atoms with E-state index in [0.717, 1.165) is 5.56 Å². The van der Waals surface area contributed by atoms with E-state index in [0.29, 0.717) is 17.0 Å². The van der Waals surface area contributed by atoms with Gasteiger partial charge in [-0.1, -0.05) is 67.4 Å². The summed E-state index contributed by atoms with van der Waals surface area (Å²) in [5.74, 6) is -0.392. The van der Waals surface area contributed by atoms with Gasteiger partial charge in [0.15, 0.2) is 0 Å². The van der Waals surface area contributed by atoms with Gasteiger partial charge in [-0.25, -0.2) is 0 Å². The summed E-state index contributed by atoms with van der Waals surface area (Å²) in [7, 11) is 0. The summed E-state index contributed by atoms with van der Waals surface area (Å²) in [6.07, 6.45) is 0.518. The van der Waals surface area contributed by atoms with Gasteiger partial charge < -0.3 is 10.6 Å². The van der Waals surface area contributed by atoms with Crippen LogP contribution in [0.4, 0.5) is 0 Å². The highest BCUT2D eigenvalue weighted by Gasteiger charge is 2.24. The molecule has 2 aromatic carbocycles. The molecule has 0 aliphatic heterocycles. The van der Waals surface area contributed by atoms with Crippen LogP contribution in [0, 0.1) is 5.92 Å². The zero-order valence-corrected chi connectivity index (χ0v) is 17.1. The summed E-state index contributed by atoms with van der Waals surface area (Å²) in [4.78, 5) is 25.4. The van der Waals surface area contributed by atoms with Crippen molar-refractivity contribution in [3.8, 4) is 0 Å². The van der Waals surface area contributed by atoms with E-state index in [1.807, 2.05) is 51.1 Å². The molecule has 0 aliphatic rings. The second-order valence-corrected chi connectivity index (χ2v) is 7.76. The van der Waals surface area contributed by atoms with E-state index in [2.05, 4.69) is 10.6 Å². The molecular formula is C21H24Cl2N2O2. The third-order valence-electron chi connectivity index (χ3n) is 4.16. The number of carbonyl (C=O) groups excluding carboxylic acids is 2. The van der Waals surface area contributed by atoms with Crippen molar-refractivity contribution in [1.29, 1.82) is 0 Å². The standard InChI is InChI=1S/C21H24Cl2N2O2/c1-13(2)11-19(21(27)24-14(3)15-7-5-4-6-8-15)25-20(26)17-10-9-16(22)12-18(17)23/h4-10,12-14,19H,11H2,1-3H3,(H,24,27)(H,25,26)/t14-,19+/m0/s1. The summed E-state index contributed by atoms with van der Waals surface area (Å²) in [6.45, 7) is 5.92. The van der Waals surface area contributed by atoms with E-state index in [1.165, 1.54) is 6.07 Å². The Labute approximate surface area is 170 Å². The Kier molecular flexibility index (Phi) is 7.69. The molecule has 0 heterocycles. The normalized spacial score (nSPS) is 13.1. The van der Waals surface area contributed by atoms with Crippen LogP contribution in [0.5, 0.6) is 0 Å². The van der Waals surface area contributed by atoms with Crippen LogP contribution in [0.25, 0.3) is 0 Å². The molecule has 0 saturated heterocycles. The fourth-order valence-electron chi connectivity index (χ4n) is 2.75. The minimum absolute atomic E-state index is 0.163. The van der Waals surface area contributed by atoms with Gasteiger partial charge in [0.1, 0.15) is 6.04 Å². The van der Waals surface area contributed by atoms with Gasteiger partial charge in [0.2, 0.25) is 5.91 Å². The summed E-state index contributed by atoms with van der Waals surface area (Å²) in [6, 6.07) is 13.5. The summed E-state index contributed by atoms with van der Waals surface area (Å²) in [5.41, 5.74) is 1.29. The lowest BCUT2D eigenvalue weighted by Crippen LogP contribution is -2.48. The number of rotatable bonds is 7. The van der Waals surface area contributed by atoms with Crippen LogP contribution < -0.4 is 10.6 Å². The van der Waals surface area contributed by atoms with Crippen LogP contribution in [0.2, 0.25) is 10.0 Å². The molecule has 6 heteroatoms. The fourth-order valence-corrected chi connectivity index (χ4v) is 3.25. The van der Waals surface area contributed by atoms with Gasteiger partial charge in [-0.15, -0.1) is 0 Å². The summed E-state index contributed by atoms with van der Waals surface area (Å²) >= 11 is 12.0. The Morgan fingerprint density at radius 1 is 0.963 bits per heavy atom. The van der Waals surface area contributed by atoms with E-state index in [-0.39, 0.29) is 22.9 Å². The highest BCUT2D eigenvalue weighted by Crippen LogP contribution is 2.21. The Hall–Kier alpha value is -2.04. The second-order valence-electron chi connectivity index (χ2n) is 6.92. The van der Waals surface area contributed by atoms with Crippen molar-refractivity contribution in [2.45, 2.75) is 39.3 Å². The molecule has 0 unspecified atom stereocenters. The minimum atomic E-state index is -0.657. The van der Waals surface area contributed by atoms with Crippen molar-refractivity contribution >= 4 is 35.0 Å². The first-order valence-corrected chi connectivity index (χ1v) is 9.64. The molecule has 0 bridgehead atoms. The molecule has 0 radical (unpaired) electrons. The van der Waals surface area contributed by atoms with Gasteiger partial charge in [-0.2, -0.15) is 0 Å². The largest absolute Gasteiger partial charge is 0.348 e. The van der Waals surface area contributed by atoms with Crippen LogP contribution in [0.15, 0.2) is 48.5 Å². The van der Waals surface area contributed by atoms with Crippen LogP contribution in [-0.4, -0.2) is 17.9 Å². The fraction of sp³-hybridized carbons (Fsp3) is 0.333. The maximum atomic E-state index is 12.8. The maximum absolute atomic E-state index is 12.8. The Morgan fingerprint density at radius 3 is 2.22 bits per heavy atom. The molecule has 2 rings (SSSR count). The lowest BCUT2D eigenvalue weighted by molar-refractivity contribution is -0.124. The molecule has 2 aromatic rings. The van der Waals surface area contributed by atoms with Crippen molar-refractivity contribution in [2.75, 3.05) is 0 Å². The second kappa shape index (κ2) is 9.77. The summed E-state index contributed by atoms with van der Waals surface area (Å²) < 4.78 is 0. The average molecular weight is 407 g/mol. The van der Waals surface area contributed by atoms with Crippen LogP contribution in [0.3, 0.4) is 0 Å². The number of hydrogen-bond donors (Lipinski definition) is 2. The van der Waals surface area contributed by atoms with Gasteiger partial charge in [0, 0.05) is 5.02 Å². The van der Waals surface area contributed by atoms with Crippen molar-refractivity contribution in [1.82, 2.24) is 10.6 Å². The third-order valence-corrected chi connectivity index (χ3v) is 4.71. The number of halogens is 2.